The second kappa shape index (κ2) is 4.72. The molecule has 86 valence electrons. The molecule has 1 amide bonds. The second-order valence-electron chi connectivity index (χ2n) is 3.82. The van der Waals surface area contributed by atoms with Gasteiger partial charge < -0.3 is 4.90 Å². The first-order valence-electron chi connectivity index (χ1n) is 4.93. The van der Waals surface area contributed by atoms with Gasteiger partial charge >= 0.3 is 0 Å². The van der Waals surface area contributed by atoms with Crippen LogP contribution in [0.15, 0.2) is 18.2 Å². The lowest BCUT2D eigenvalue weighted by atomic mass is 10.2. The van der Waals surface area contributed by atoms with Gasteiger partial charge in [0.2, 0.25) is 5.91 Å². The zero-order valence-electron chi connectivity index (χ0n) is 8.42. The average molecular weight is 307 g/mol. The highest BCUT2D eigenvalue weighted by molar-refractivity contribution is 9.09. The van der Waals surface area contributed by atoms with E-state index in [-0.39, 0.29) is 17.6 Å². The summed E-state index contributed by atoms with van der Waals surface area (Å²) in [5.41, 5.74) is 0.468. The van der Waals surface area contributed by atoms with Gasteiger partial charge in [-0.1, -0.05) is 27.5 Å². The summed E-state index contributed by atoms with van der Waals surface area (Å²) in [4.78, 5) is 13.3. The van der Waals surface area contributed by atoms with Crippen molar-refractivity contribution in [2.24, 2.45) is 5.92 Å². The molecule has 0 bridgehead atoms. The van der Waals surface area contributed by atoms with Crippen LogP contribution in [0.4, 0.5) is 10.1 Å². The standard InChI is InChI=1S/C11H10BrClFNO/c12-5-7-3-11(16)15(6-7)10-4-8(14)1-2-9(10)13/h1-2,4,7H,3,5-6H2. The first-order chi connectivity index (χ1) is 7.61. The molecular formula is C11H10BrClFNO. The number of rotatable bonds is 2. The smallest absolute Gasteiger partial charge is 0.227 e. The number of halogens is 3. The van der Waals surface area contributed by atoms with Crippen LogP contribution in [0.3, 0.4) is 0 Å². The van der Waals surface area contributed by atoms with E-state index < -0.39 is 0 Å². The van der Waals surface area contributed by atoms with Gasteiger partial charge in [0.25, 0.3) is 0 Å². The summed E-state index contributed by atoms with van der Waals surface area (Å²) in [6, 6.07) is 4.06. The molecule has 0 spiro atoms. The molecule has 1 fully saturated rings. The Kier molecular flexibility index (Phi) is 3.50. The lowest BCUT2D eigenvalue weighted by molar-refractivity contribution is -0.117. The Bertz CT molecular complexity index is 426. The predicted octanol–water partition coefficient (Wildman–Crippen LogP) is 3.23. The fourth-order valence-corrected chi connectivity index (χ4v) is 2.46. The quantitative estimate of drug-likeness (QED) is 0.768. The van der Waals surface area contributed by atoms with E-state index in [1.54, 1.807) is 4.90 Å². The van der Waals surface area contributed by atoms with Crippen molar-refractivity contribution in [2.75, 3.05) is 16.8 Å². The molecule has 5 heteroatoms. The van der Waals surface area contributed by atoms with E-state index in [0.29, 0.717) is 23.7 Å². The minimum atomic E-state index is -0.380. The normalized spacial score (nSPS) is 20.6. The van der Waals surface area contributed by atoms with E-state index >= 15 is 0 Å². The molecule has 2 nitrogen and oxygen atoms in total. The fourth-order valence-electron chi connectivity index (χ4n) is 1.81. The van der Waals surface area contributed by atoms with Crippen molar-refractivity contribution >= 4 is 39.1 Å². The molecule has 2 rings (SSSR count). The zero-order chi connectivity index (χ0) is 11.7. The largest absolute Gasteiger partial charge is 0.311 e. The molecule has 1 aromatic carbocycles. The van der Waals surface area contributed by atoms with Crippen LogP contribution >= 0.6 is 27.5 Å². The van der Waals surface area contributed by atoms with Gasteiger partial charge in [-0.3, -0.25) is 4.79 Å². The number of nitrogens with zero attached hydrogens (tertiary/aromatic N) is 1. The molecule has 1 heterocycles. The van der Waals surface area contributed by atoms with E-state index in [0.717, 1.165) is 5.33 Å². The van der Waals surface area contributed by atoms with Gasteiger partial charge in [0.1, 0.15) is 5.82 Å². The molecule has 0 saturated carbocycles. The number of carbonyl (C=O) groups is 1. The molecule has 0 radical (unpaired) electrons. The van der Waals surface area contributed by atoms with Crippen molar-refractivity contribution in [3.8, 4) is 0 Å². The van der Waals surface area contributed by atoms with Crippen LogP contribution in [0.5, 0.6) is 0 Å². The monoisotopic (exact) mass is 305 g/mol. The molecule has 0 N–H and O–H groups in total. The number of benzene rings is 1. The third kappa shape index (κ3) is 2.23. The number of carbonyl (C=O) groups excluding carboxylic acids is 1. The third-order valence-electron chi connectivity index (χ3n) is 2.62. The summed E-state index contributed by atoms with van der Waals surface area (Å²) in [6.07, 6.45) is 0.484. The summed E-state index contributed by atoms with van der Waals surface area (Å²) in [6.45, 7) is 0.591. The molecule has 1 aromatic rings. The molecular weight excluding hydrogens is 296 g/mol. The molecule has 1 saturated heterocycles. The molecule has 1 aliphatic heterocycles. The van der Waals surface area contributed by atoms with Crippen LogP contribution in [-0.2, 0) is 4.79 Å². The minimum absolute atomic E-state index is 0.00282. The highest BCUT2D eigenvalue weighted by atomic mass is 79.9. The number of alkyl halides is 1. The second-order valence-corrected chi connectivity index (χ2v) is 4.88. The lowest BCUT2D eigenvalue weighted by Gasteiger charge is -2.17. The van der Waals surface area contributed by atoms with E-state index in [4.69, 9.17) is 11.6 Å². The van der Waals surface area contributed by atoms with Gasteiger partial charge in [-0.05, 0) is 24.1 Å². The Balaban J connectivity index is 2.30. The van der Waals surface area contributed by atoms with Gasteiger partial charge in [-0.15, -0.1) is 0 Å². The Morgan fingerprint density at radius 1 is 1.56 bits per heavy atom. The van der Waals surface area contributed by atoms with Crippen molar-refractivity contribution in [1.82, 2.24) is 0 Å². The van der Waals surface area contributed by atoms with Crippen molar-refractivity contribution in [3.05, 3.63) is 29.0 Å². The van der Waals surface area contributed by atoms with Crippen molar-refractivity contribution in [1.29, 1.82) is 0 Å². The number of anilines is 1. The summed E-state index contributed by atoms with van der Waals surface area (Å²) < 4.78 is 13.1. The Hall–Kier alpha value is -0.610. The minimum Gasteiger partial charge on any atom is -0.311 e. The molecule has 0 aromatic heterocycles. The van der Waals surface area contributed by atoms with Crippen molar-refractivity contribution in [2.45, 2.75) is 6.42 Å². The summed E-state index contributed by atoms with van der Waals surface area (Å²) >= 11 is 9.31. The van der Waals surface area contributed by atoms with Gasteiger partial charge in [0, 0.05) is 18.3 Å². The molecule has 16 heavy (non-hydrogen) atoms. The number of amides is 1. The maximum Gasteiger partial charge on any atom is 0.227 e. The van der Waals surface area contributed by atoms with Crippen LogP contribution in [0.1, 0.15) is 6.42 Å². The van der Waals surface area contributed by atoms with Crippen molar-refractivity contribution < 1.29 is 9.18 Å². The predicted molar refractivity (Wildman–Crippen MR) is 65.7 cm³/mol. The van der Waals surface area contributed by atoms with Crippen LogP contribution < -0.4 is 4.90 Å². The molecule has 1 aliphatic rings. The number of hydrogen-bond donors (Lipinski definition) is 0. The molecule has 1 atom stereocenters. The first-order valence-corrected chi connectivity index (χ1v) is 6.43. The van der Waals surface area contributed by atoms with E-state index in [1.165, 1.54) is 18.2 Å². The van der Waals surface area contributed by atoms with Crippen LogP contribution in [0, 0.1) is 11.7 Å². The van der Waals surface area contributed by atoms with Gasteiger partial charge in [0.05, 0.1) is 10.7 Å². The van der Waals surface area contributed by atoms with Crippen LogP contribution in [-0.4, -0.2) is 17.8 Å². The Morgan fingerprint density at radius 2 is 2.31 bits per heavy atom. The van der Waals surface area contributed by atoms with Crippen LogP contribution in [0.2, 0.25) is 5.02 Å². The Morgan fingerprint density at radius 3 is 2.94 bits per heavy atom. The van der Waals surface area contributed by atoms with Crippen molar-refractivity contribution in [3.63, 3.8) is 0 Å². The molecule has 1 unspecified atom stereocenters. The summed E-state index contributed by atoms with van der Waals surface area (Å²) in [5.74, 6) is -0.113. The topological polar surface area (TPSA) is 20.3 Å². The fraction of sp³-hybridized carbons (Fsp3) is 0.364. The zero-order valence-corrected chi connectivity index (χ0v) is 10.8. The highest BCUT2D eigenvalue weighted by Crippen LogP contribution is 2.32. The third-order valence-corrected chi connectivity index (χ3v) is 3.86. The lowest BCUT2D eigenvalue weighted by Crippen LogP contribution is -2.25. The summed E-state index contributed by atoms with van der Waals surface area (Å²) in [5, 5.41) is 1.17. The van der Waals surface area contributed by atoms with Gasteiger partial charge in [-0.2, -0.15) is 0 Å². The maximum absolute atomic E-state index is 13.1. The van der Waals surface area contributed by atoms with Gasteiger partial charge in [0.15, 0.2) is 0 Å². The number of hydrogen-bond acceptors (Lipinski definition) is 1. The first kappa shape index (κ1) is 11.9. The Labute approximate surface area is 107 Å². The molecule has 0 aliphatic carbocycles. The maximum atomic E-state index is 13.1. The van der Waals surface area contributed by atoms with E-state index in [9.17, 15) is 9.18 Å². The highest BCUT2D eigenvalue weighted by Gasteiger charge is 2.31. The van der Waals surface area contributed by atoms with Gasteiger partial charge in [-0.25, -0.2) is 4.39 Å². The van der Waals surface area contributed by atoms with E-state index in [1.807, 2.05) is 0 Å². The SMILES string of the molecule is O=C1CC(CBr)CN1c1cc(F)ccc1Cl. The van der Waals surface area contributed by atoms with E-state index in [2.05, 4.69) is 15.9 Å². The van der Waals surface area contributed by atoms with Crippen LogP contribution in [0.25, 0.3) is 0 Å². The average Bonchev–Trinajstić information content (AvgIpc) is 2.63. The summed E-state index contributed by atoms with van der Waals surface area (Å²) in [7, 11) is 0.